The molecule has 0 aliphatic heterocycles. The summed E-state index contributed by atoms with van der Waals surface area (Å²) in [6.45, 7) is 0.387. The molecule has 4 aromatic rings. The summed E-state index contributed by atoms with van der Waals surface area (Å²) in [4.78, 5) is 42.4. The summed E-state index contributed by atoms with van der Waals surface area (Å²) in [6, 6.07) is 14.6. The van der Waals surface area contributed by atoms with Crippen LogP contribution in [0.15, 0.2) is 76.6 Å². The molecule has 0 fully saturated rings. The lowest BCUT2D eigenvalue weighted by Crippen LogP contribution is -2.39. The van der Waals surface area contributed by atoms with Gasteiger partial charge in [-0.1, -0.05) is 12.1 Å². The number of hydrogen-bond acceptors (Lipinski definition) is 5. The molecule has 0 saturated heterocycles. The van der Waals surface area contributed by atoms with Crippen LogP contribution in [0.1, 0.15) is 21.5 Å². The van der Waals surface area contributed by atoms with Crippen molar-refractivity contribution in [1.29, 1.82) is 0 Å². The van der Waals surface area contributed by atoms with Gasteiger partial charge in [0.25, 0.3) is 11.5 Å². The number of phenols is 1. The molecule has 2 N–H and O–H groups in total. The van der Waals surface area contributed by atoms with Gasteiger partial charge in [-0.25, -0.2) is 4.79 Å². The van der Waals surface area contributed by atoms with Gasteiger partial charge in [0.05, 0.1) is 17.4 Å². The summed E-state index contributed by atoms with van der Waals surface area (Å²) in [5.74, 6) is -0.220. The molecule has 0 aliphatic rings. The van der Waals surface area contributed by atoms with Gasteiger partial charge in [-0.05, 0) is 53.6 Å². The maximum Gasteiger partial charge on any atom is 0.331 e. The van der Waals surface area contributed by atoms with Crippen LogP contribution in [-0.2, 0) is 20.1 Å². The summed E-state index contributed by atoms with van der Waals surface area (Å²) in [7, 11) is 1.58. The Kier molecular flexibility index (Phi) is 5.36. The number of phenolic OH excluding ortho intramolecular Hbond substituents is 1. The first kappa shape index (κ1) is 20.1. The minimum absolute atomic E-state index is 0.0557. The van der Waals surface area contributed by atoms with E-state index in [2.05, 4.69) is 10.3 Å². The van der Waals surface area contributed by atoms with E-state index in [0.717, 1.165) is 10.1 Å². The van der Waals surface area contributed by atoms with Crippen molar-refractivity contribution >= 4 is 16.8 Å². The normalized spacial score (nSPS) is 10.9. The SMILES string of the molecule is Cn1c(=O)n(Cc2ccc(O)cc2)c(=O)c2cc(C(=O)NCc3ccncc3)ccc21. The number of rotatable bonds is 5. The van der Waals surface area contributed by atoms with E-state index in [1.807, 2.05) is 0 Å². The van der Waals surface area contributed by atoms with Gasteiger partial charge >= 0.3 is 5.69 Å². The minimum Gasteiger partial charge on any atom is -0.508 e. The van der Waals surface area contributed by atoms with E-state index in [0.29, 0.717) is 23.2 Å². The van der Waals surface area contributed by atoms with Crippen molar-refractivity contribution in [3.05, 3.63) is 105 Å². The topological polar surface area (TPSA) is 106 Å². The number of nitrogens with zero attached hydrogens (tertiary/aromatic N) is 3. The van der Waals surface area contributed by atoms with Crippen molar-refractivity contribution in [2.45, 2.75) is 13.1 Å². The number of fused-ring (bicyclic) bond motifs is 1. The maximum absolute atomic E-state index is 13.1. The van der Waals surface area contributed by atoms with Gasteiger partial charge in [0.1, 0.15) is 5.75 Å². The van der Waals surface area contributed by atoms with E-state index >= 15 is 0 Å². The zero-order valence-corrected chi connectivity index (χ0v) is 16.8. The van der Waals surface area contributed by atoms with Crippen LogP contribution in [0.3, 0.4) is 0 Å². The number of benzene rings is 2. The van der Waals surface area contributed by atoms with Crippen LogP contribution in [-0.4, -0.2) is 25.1 Å². The Balaban J connectivity index is 1.69. The van der Waals surface area contributed by atoms with Crippen molar-refractivity contribution < 1.29 is 9.90 Å². The highest BCUT2D eigenvalue weighted by Crippen LogP contribution is 2.13. The van der Waals surface area contributed by atoms with Gasteiger partial charge in [0.2, 0.25) is 0 Å². The molecule has 0 aliphatic carbocycles. The van der Waals surface area contributed by atoms with E-state index < -0.39 is 11.2 Å². The molecule has 0 bridgehead atoms. The molecule has 1 amide bonds. The molecule has 2 aromatic carbocycles. The van der Waals surface area contributed by atoms with E-state index in [9.17, 15) is 19.5 Å². The fraction of sp³-hybridized carbons (Fsp3) is 0.130. The average Bonchev–Trinajstić information content (AvgIpc) is 2.80. The van der Waals surface area contributed by atoms with E-state index in [4.69, 9.17) is 0 Å². The molecule has 4 rings (SSSR count). The standard InChI is InChI=1S/C23H20N4O4/c1-26-20-7-4-17(21(29)25-13-15-8-10-24-11-9-15)12-19(20)22(30)27(23(26)31)14-16-2-5-18(28)6-3-16/h2-12,28H,13-14H2,1H3,(H,25,29). The first-order chi connectivity index (χ1) is 14.9. The summed E-state index contributed by atoms with van der Waals surface area (Å²) in [5, 5.41) is 12.5. The van der Waals surface area contributed by atoms with Crippen LogP contribution in [0.25, 0.3) is 10.9 Å². The predicted molar refractivity (Wildman–Crippen MR) is 116 cm³/mol. The third-order valence-electron chi connectivity index (χ3n) is 5.09. The Hall–Kier alpha value is -4.20. The maximum atomic E-state index is 13.1. The van der Waals surface area contributed by atoms with Gasteiger partial charge in [-0.3, -0.25) is 23.7 Å². The third-order valence-corrected chi connectivity index (χ3v) is 5.09. The lowest BCUT2D eigenvalue weighted by atomic mass is 10.1. The summed E-state index contributed by atoms with van der Waals surface area (Å²) in [5.41, 5.74) is 1.44. The van der Waals surface area contributed by atoms with E-state index in [1.54, 1.807) is 55.8 Å². The van der Waals surface area contributed by atoms with Gasteiger partial charge in [-0.15, -0.1) is 0 Å². The molecule has 0 radical (unpaired) electrons. The molecule has 8 nitrogen and oxygen atoms in total. The Morgan fingerprint density at radius 1 is 1.00 bits per heavy atom. The second-order valence-corrected chi connectivity index (χ2v) is 7.17. The lowest BCUT2D eigenvalue weighted by Gasteiger charge is -2.12. The highest BCUT2D eigenvalue weighted by Gasteiger charge is 2.14. The Labute approximate surface area is 177 Å². The number of carbonyl (C=O) groups excluding carboxylic acids is 1. The summed E-state index contributed by atoms with van der Waals surface area (Å²) < 4.78 is 2.50. The Morgan fingerprint density at radius 2 is 1.71 bits per heavy atom. The third kappa shape index (κ3) is 4.09. The first-order valence-corrected chi connectivity index (χ1v) is 9.62. The first-order valence-electron chi connectivity index (χ1n) is 9.62. The molecular weight excluding hydrogens is 396 g/mol. The van der Waals surface area contributed by atoms with Crippen molar-refractivity contribution in [2.75, 3.05) is 0 Å². The Bertz CT molecular complexity index is 1370. The monoisotopic (exact) mass is 416 g/mol. The van der Waals surface area contributed by atoms with Gasteiger partial charge < -0.3 is 10.4 Å². The molecule has 156 valence electrons. The molecular formula is C23H20N4O4. The quantitative estimate of drug-likeness (QED) is 0.516. The van der Waals surface area contributed by atoms with Gasteiger partial charge in [0, 0.05) is 31.5 Å². The molecule has 0 spiro atoms. The van der Waals surface area contributed by atoms with Crippen molar-refractivity contribution in [3.8, 4) is 5.75 Å². The van der Waals surface area contributed by atoms with Crippen LogP contribution in [0, 0.1) is 0 Å². The van der Waals surface area contributed by atoms with Crippen LogP contribution in [0.2, 0.25) is 0 Å². The molecule has 8 heteroatoms. The zero-order chi connectivity index (χ0) is 22.0. The largest absolute Gasteiger partial charge is 0.508 e. The van der Waals surface area contributed by atoms with Gasteiger partial charge in [-0.2, -0.15) is 0 Å². The number of carbonyl (C=O) groups is 1. The number of pyridine rings is 1. The molecule has 0 saturated carbocycles. The fourth-order valence-electron chi connectivity index (χ4n) is 3.37. The average molecular weight is 416 g/mol. The Morgan fingerprint density at radius 3 is 2.42 bits per heavy atom. The van der Waals surface area contributed by atoms with Crippen LogP contribution in [0.4, 0.5) is 0 Å². The van der Waals surface area contributed by atoms with Crippen LogP contribution < -0.4 is 16.6 Å². The highest BCUT2D eigenvalue weighted by molar-refractivity contribution is 5.97. The number of hydrogen-bond donors (Lipinski definition) is 2. The van der Waals surface area contributed by atoms with Crippen molar-refractivity contribution in [1.82, 2.24) is 19.4 Å². The molecule has 0 unspecified atom stereocenters. The van der Waals surface area contributed by atoms with Crippen molar-refractivity contribution in [3.63, 3.8) is 0 Å². The van der Waals surface area contributed by atoms with Crippen molar-refractivity contribution in [2.24, 2.45) is 7.05 Å². The summed E-state index contributed by atoms with van der Waals surface area (Å²) >= 11 is 0. The number of aromatic hydroxyl groups is 1. The number of aromatic nitrogens is 3. The lowest BCUT2D eigenvalue weighted by molar-refractivity contribution is 0.0951. The summed E-state index contributed by atoms with van der Waals surface area (Å²) in [6.07, 6.45) is 3.29. The van der Waals surface area contributed by atoms with Crippen LogP contribution in [0.5, 0.6) is 5.75 Å². The molecule has 31 heavy (non-hydrogen) atoms. The van der Waals surface area contributed by atoms with E-state index in [1.165, 1.54) is 22.8 Å². The van der Waals surface area contributed by atoms with Crippen LogP contribution >= 0.6 is 0 Å². The fourth-order valence-corrected chi connectivity index (χ4v) is 3.37. The molecule has 0 atom stereocenters. The second kappa shape index (κ2) is 8.27. The number of aryl methyl sites for hydroxylation is 1. The molecule has 2 aromatic heterocycles. The number of amides is 1. The second-order valence-electron chi connectivity index (χ2n) is 7.17. The minimum atomic E-state index is -0.477. The molecule has 2 heterocycles. The number of nitrogens with one attached hydrogen (secondary N) is 1. The van der Waals surface area contributed by atoms with Gasteiger partial charge in [0.15, 0.2) is 0 Å². The highest BCUT2D eigenvalue weighted by atomic mass is 16.3. The van der Waals surface area contributed by atoms with E-state index in [-0.39, 0.29) is 23.6 Å². The predicted octanol–water partition coefficient (Wildman–Crippen LogP) is 1.78. The smallest absolute Gasteiger partial charge is 0.331 e. The zero-order valence-electron chi connectivity index (χ0n) is 16.8.